The first-order valence-electron chi connectivity index (χ1n) is 7.37. The fourth-order valence-corrected chi connectivity index (χ4v) is 1.90. The van der Waals surface area contributed by atoms with Gasteiger partial charge < -0.3 is 5.11 Å². The van der Waals surface area contributed by atoms with E-state index in [0.29, 0.717) is 11.7 Å². The van der Waals surface area contributed by atoms with Crippen molar-refractivity contribution < 1.29 is 5.11 Å². The molecule has 0 fully saturated rings. The molecule has 0 spiro atoms. The molecular formula is C19H26O. The Morgan fingerprint density at radius 2 is 1.45 bits per heavy atom. The van der Waals surface area contributed by atoms with Gasteiger partial charge in [0, 0.05) is 0 Å². The van der Waals surface area contributed by atoms with E-state index in [9.17, 15) is 0 Å². The summed E-state index contributed by atoms with van der Waals surface area (Å²) < 4.78 is 0. The third kappa shape index (κ3) is 5.92. The van der Waals surface area contributed by atoms with Gasteiger partial charge in [-0.05, 0) is 42.5 Å². The van der Waals surface area contributed by atoms with Crippen molar-refractivity contribution in [2.24, 2.45) is 0 Å². The minimum absolute atomic E-state index is 0.347. The van der Waals surface area contributed by atoms with Gasteiger partial charge in [0.05, 0.1) is 0 Å². The number of phenolic OH excluding ortho intramolecular Hbond substituents is 1. The molecule has 0 amide bonds. The number of aryl methyl sites for hydroxylation is 2. The summed E-state index contributed by atoms with van der Waals surface area (Å²) in [5.41, 5.74) is 4.05. The topological polar surface area (TPSA) is 20.2 Å². The highest BCUT2D eigenvalue weighted by molar-refractivity contribution is 5.25. The Morgan fingerprint density at radius 3 is 1.90 bits per heavy atom. The van der Waals surface area contributed by atoms with E-state index in [1.807, 2.05) is 12.1 Å². The molecule has 1 nitrogen and oxygen atoms in total. The van der Waals surface area contributed by atoms with Gasteiger partial charge in [0.1, 0.15) is 5.75 Å². The van der Waals surface area contributed by atoms with E-state index in [2.05, 4.69) is 52.0 Å². The van der Waals surface area contributed by atoms with Crippen LogP contribution < -0.4 is 0 Å². The zero-order valence-electron chi connectivity index (χ0n) is 13.1. The van der Waals surface area contributed by atoms with Gasteiger partial charge in [-0.15, -0.1) is 0 Å². The minimum Gasteiger partial charge on any atom is -0.508 e. The Kier molecular flexibility index (Phi) is 6.86. The van der Waals surface area contributed by atoms with E-state index in [1.165, 1.54) is 16.7 Å². The SMILES string of the molecule is CCCc1ccc(O)cc1.Cc1ccc(C(C)C)cc1. The first-order chi connectivity index (χ1) is 9.52. The van der Waals surface area contributed by atoms with Crippen molar-refractivity contribution in [2.45, 2.75) is 46.5 Å². The Balaban J connectivity index is 0.000000200. The number of benzene rings is 2. The van der Waals surface area contributed by atoms with E-state index < -0.39 is 0 Å². The molecule has 0 bridgehead atoms. The lowest BCUT2D eigenvalue weighted by Crippen LogP contribution is -1.85. The molecule has 0 atom stereocenters. The summed E-state index contributed by atoms with van der Waals surface area (Å²) in [5, 5.41) is 8.92. The molecule has 1 heteroatoms. The van der Waals surface area contributed by atoms with E-state index >= 15 is 0 Å². The summed E-state index contributed by atoms with van der Waals surface area (Å²) in [7, 11) is 0. The predicted octanol–water partition coefficient (Wildman–Crippen LogP) is 5.46. The van der Waals surface area contributed by atoms with Crippen molar-refractivity contribution in [3.05, 3.63) is 65.2 Å². The van der Waals surface area contributed by atoms with Gasteiger partial charge in [0.25, 0.3) is 0 Å². The lowest BCUT2D eigenvalue weighted by atomic mass is 10.0. The first kappa shape index (κ1) is 16.3. The summed E-state index contributed by atoms with van der Waals surface area (Å²) in [5.74, 6) is 1.00. The molecule has 0 aliphatic rings. The van der Waals surface area contributed by atoms with Gasteiger partial charge in [-0.25, -0.2) is 0 Å². The zero-order chi connectivity index (χ0) is 15.0. The van der Waals surface area contributed by atoms with E-state index in [1.54, 1.807) is 12.1 Å². The maximum atomic E-state index is 8.92. The number of hydrogen-bond donors (Lipinski definition) is 1. The second-order valence-electron chi connectivity index (χ2n) is 5.48. The van der Waals surface area contributed by atoms with Crippen molar-refractivity contribution in [1.29, 1.82) is 0 Å². The fraction of sp³-hybridized carbons (Fsp3) is 0.368. The minimum atomic E-state index is 0.347. The highest BCUT2D eigenvalue weighted by Crippen LogP contribution is 2.13. The summed E-state index contributed by atoms with van der Waals surface area (Å²) in [6.45, 7) is 8.69. The largest absolute Gasteiger partial charge is 0.508 e. The van der Waals surface area contributed by atoms with Crippen LogP contribution in [-0.2, 0) is 6.42 Å². The van der Waals surface area contributed by atoms with Gasteiger partial charge in [-0.3, -0.25) is 0 Å². The Bertz CT molecular complexity index is 480. The summed E-state index contributed by atoms with van der Waals surface area (Å²) in [4.78, 5) is 0. The Labute approximate surface area is 123 Å². The molecule has 0 heterocycles. The second-order valence-corrected chi connectivity index (χ2v) is 5.48. The van der Waals surface area contributed by atoms with E-state index in [0.717, 1.165) is 12.8 Å². The third-order valence-corrected chi connectivity index (χ3v) is 3.22. The van der Waals surface area contributed by atoms with Crippen LogP contribution in [0.2, 0.25) is 0 Å². The first-order valence-corrected chi connectivity index (χ1v) is 7.37. The highest BCUT2D eigenvalue weighted by atomic mass is 16.3. The molecule has 108 valence electrons. The molecule has 0 aromatic heterocycles. The molecule has 0 aliphatic carbocycles. The summed E-state index contributed by atoms with van der Waals surface area (Å²) in [6, 6.07) is 16.1. The van der Waals surface area contributed by atoms with Crippen LogP contribution in [0.4, 0.5) is 0 Å². The molecule has 2 aromatic rings. The van der Waals surface area contributed by atoms with Gasteiger partial charge >= 0.3 is 0 Å². The zero-order valence-corrected chi connectivity index (χ0v) is 13.1. The average molecular weight is 270 g/mol. The number of phenols is 1. The van der Waals surface area contributed by atoms with E-state index in [-0.39, 0.29) is 0 Å². The standard InChI is InChI=1S/C10H14.C9H12O/c1-8(2)10-6-4-9(3)5-7-10;1-2-3-8-4-6-9(10)7-5-8/h4-8H,1-3H3;4-7,10H,2-3H2,1H3. The van der Waals surface area contributed by atoms with Crippen molar-refractivity contribution in [3.63, 3.8) is 0 Å². The molecule has 0 saturated carbocycles. The maximum Gasteiger partial charge on any atom is 0.115 e. The van der Waals surface area contributed by atoms with Crippen molar-refractivity contribution >= 4 is 0 Å². The maximum absolute atomic E-state index is 8.92. The van der Waals surface area contributed by atoms with Crippen LogP contribution in [0.1, 0.15) is 49.8 Å². The van der Waals surface area contributed by atoms with Crippen LogP contribution in [0.25, 0.3) is 0 Å². The van der Waals surface area contributed by atoms with Gasteiger partial charge in [-0.2, -0.15) is 0 Å². The van der Waals surface area contributed by atoms with Gasteiger partial charge in [-0.1, -0.05) is 69.2 Å². The molecule has 0 saturated heterocycles. The molecule has 20 heavy (non-hydrogen) atoms. The second kappa shape index (κ2) is 8.42. The highest BCUT2D eigenvalue weighted by Gasteiger charge is 1.95. The summed E-state index contributed by atoms with van der Waals surface area (Å²) in [6.07, 6.45) is 2.26. The van der Waals surface area contributed by atoms with Crippen LogP contribution in [-0.4, -0.2) is 5.11 Å². The molecule has 0 unspecified atom stereocenters. The monoisotopic (exact) mass is 270 g/mol. The smallest absolute Gasteiger partial charge is 0.115 e. The van der Waals surface area contributed by atoms with Crippen LogP contribution >= 0.6 is 0 Å². The van der Waals surface area contributed by atoms with E-state index in [4.69, 9.17) is 5.11 Å². The third-order valence-electron chi connectivity index (χ3n) is 3.22. The van der Waals surface area contributed by atoms with Crippen LogP contribution in [0.3, 0.4) is 0 Å². The van der Waals surface area contributed by atoms with Crippen molar-refractivity contribution in [2.75, 3.05) is 0 Å². The molecule has 2 aromatic carbocycles. The molecule has 0 radical (unpaired) electrons. The van der Waals surface area contributed by atoms with Gasteiger partial charge in [0.2, 0.25) is 0 Å². The number of hydrogen-bond acceptors (Lipinski definition) is 1. The van der Waals surface area contributed by atoms with Crippen molar-refractivity contribution in [3.8, 4) is 5.75 Å². The number of aromatic hydroxyl groups is 1. The lowest BCUT2D eigenvalue weighted by Gasteiger charge is -2.03. The molecule has 2 rings (SSSR count). The van der Waals surface area contributed by atoms with Crippen LogP contribution in [0.15, 0.2) is 48.5 Å². The Morgan fingerprint density at radius 1 is 0.900 bits per heavy atom. The number of rotatable bonds is 3. The van der Waals surface area contributed by atoms with Crippen LogP contribution in [0, 0.1) is 6.92 Å². The normalized spacial score (nSPS) is 10.1. The predicted molar refractivity (Wildman–Crippen MR) is 87.4 cm³/mol. The quantitative estimate of drug-likeness (QED) is 0.784. The average Bonchev–Trinajstić information content (AvgIpc) is 2.43. The summed E-state index contributed by atoms with van der Waals surface area (Å²) >= 11 is 0. The van der Waals surface area contributed by atoms with Crippen molar-refractivity contribution in [1.82, 2.24) is 0 Å². The van der Waals surface area contributed by atoms with Gasteiger partial charge in [0.15, 0.2) is 0 Å². The molecule has 1 N–H and O–H groups in total. The molecule has 0 aliphatic heterocycles. The Hall–Kier alpha value is -1.76. The lowest BCUT2D eigenvalue weighted by molar-refractivity contribution is 0.475. The molecular weight excluding hydrogens is 244 g/mol. The van der Waals surface area contributed by atoms with Crippen LogP contribution in [0.5, 0.6) is 5.75 Å². The fourth-order valence-electron chi connectivity index (χ4n) is 1.90.